The van der Waals surface area contributed by atoms with Crippen molar-refractivity contribution in [2.24, 2.45) is 35.0 Å². The standard InChI is InChI=1S/C19H32O2/c1-12-7-10-19(21)15(12)5-6-16-17(19)4-3-13-11-14(20)8-9-18(13,16)2/h12-17,20-21H,3-11H2,1-2H3/t12-,13+,14-,15?,16-,17+,18-,19+/m0/s1. The molecular weight excluding hydrogens is 260 g/mol. The molecule has 0 aliphatic heterocycles. The molecule has 4 fully saturated rings. The molecule has 4 saturated carbocycles. The lowest BCUT2D eigenvalue weighted by molar-refractivity contribution is -0.178. The third kappa shape index (κ3) is 1.91. The van der Waals surface area contributed by atoms with Gasteiger partial charge in [0.1, 0.15) is 0 Å². The quantitative estimate of drug-likeness (QED) is 0.714. The summed E-state index contributed by atoms with van der Waals surface area (Å²) in [6, 6.07) is 0. The number of hydrogen-bond donors (Lipinski definition) is 2. The summed E-state index contributed by atoms with van der Waals surface area (Å²) in [4.78, 5) is 0. The zero-order valence-corrected chi connectivity index (χ0v) is 13.7. The molecule has 4 aliphatic rings. The van der Waals surface area contributed by atoms with Gasteiger partial charge in [-0.2, -0.15) is 0 Å². The molecule has 0 amide bonds. The Kier molecular flexibility index (Phi) is 3.25. The maximum Gasteiger partial charge on any atom is 0.0709 e. The highest BCUT2D eigenvalue weighted by atomic mass is 16.3. The van der Waals surface area contributed by atoms with Gasteiger partial charge in [0.15, 0.2) is 0 Å². The van der Waals surface area contributed by atoms with Gasteiger partial charge in [0.05, 0.1) is 11.7 Å². The second-order valence-corrected chi connectivity index (χ2v) is 9.11. The van der Waals surface area contributed by atoms with Crippen LogP contribution in [0, 0.1) is 35.0 Å². The van der Waals surface area contributed by atoms with Crippen LogP contribution in [0.25, 0.3) is 0 Å². The molecule has 0 aromatic carbocycles. The average Bonchev–Trinajstić information content (AvgIpc) is 2.76. The Bertz CT molecular complexity index is 422. The molecule has 0 aromatic rings. The first kappa shape index (κ1) is 14.5. The van der Waals surface area contributed by atoms with Gasteiger partial charge in [0.2, 0.25) is 0 Å². The van der Waals surface area contributed by atoms with Gasteiger partial charge in [-0.05, 0) is 92.8 Å². The van der Waals surface area contributed by atoms with E-state index in [1.54, 1.807) is 0 Å². The van der Waals surface area contributed by atoms with Crippen LogP contribution in [0.5, 0.6) is 0 Å². The summed E-state index contributed by atoms with van der Waals surface area (Å²) in [7, 11) is 0. The highest BCUT2D eigenvalue weighted by Crippen LogP contribution is 2.64. The van der Waals surface area contributed by atoms with Crippen LogP contribution in [0.2, 0.25) is 0 Å². The molecule has 0 bridgehead atoms. The molecule has 1 unspecified atom stereocenters. The minimum atomic E-state index is -0.355. The SMILES string of the molecule is C[C@H]1CC[C@@]2(O)C1CC[C@H]1[C@H]2CC[C@@H]2C[C@@H](O)CC[C@@]21C. The van der Waals surface area contributed by atoms with E-state index < -0.39 is 0 Å². The third-order valence-corrected chi connectivity index (χ3v) is 8.42. The molecule has 4 rings (SSSR count). The number of aliphatic hydroxyl groups is 2. The van der Waals surface area contributed by atoms with E-state index in [1.165, 1.54) is 38.5 Å². The molecule has 0 aromatic heterocycles. The molecule has 21 heavy (non-hydrogen) atoms. The largest absolute Gasteiger partial charge is 0.393 e. The summed E-state index contributed by atoms with van der Waals surface area (Å²) < 4.78 is 0. The number of rotatable bonds is 0. The highest BCUT2D eigenvalue weighted by Gasteiger charge is 2.61. The molecule has 4 aliphatic carbocycles. The first-order valence-electron chi connectivity index (χ1n) is 9.35. The van der Waals surface area contributed by atoms with Crippen LogP contribution in [0.1, 0.15) is 71.6 Å². The van der Waals surface area contributed by atoms with Gasteiger partial charge >= 0.3 is 0 Å². The summed E-state index contributed by atoms with van der Waals surface area (Å²) >= 11 is 0. The van der Waals surface area contributed by atoms with Crippen molar-refractivity contribution in [1.29, 1.82) is 0 Å². The van der Waals surface area contributed by atoms with Crippen LogP contribution in [-0.2, 0) is 0 Å². The molecule has 120 valence electrons. The van der Waals surface area contributed by atoms with Gasteiger partial charge in [-0.1, -0.05) is 13.8 Å². The second-order valence-electron chi connectivity index (χ2n) is 9.11. The number of fused-ring (bicyclic) bond motifs is 5. The van der Waals surface area contributed by atoms with Crippen LogP contribution < -0.4 is 0 Å². The second kappa shape index (κ2) is 4.71. The fraction of sp³-hybridized carbons (Fsp3) is 1.00. The number of hydrogen-bond acceptors (Lipinski definition) is 2. The van der Waals surface area contributed by atoms with Gasteiger partial charge in [-0.15, -0.1) is 0 Å². The van der Waals surface area contributed by atoms with Crippen LogP contribution >= 0.6 is 0 Å². The maximum absolute atomic E-state index is 11.5. The maximum atomic E-state index is 11.5. The van der Waals surface area contributed by atoms with E-state index >= 15 is 0 Å². The van der Waals surface area contributed by atoms with Crippen molar-refractivity contribution >= 4 is 0 Å². The topological polar surface area (TPSA) is 40.5 Å². The molecule has 2 N–H and O–H groups in total. The van der Waals surface area contributed by atoms with Crippen molar-refractivity contribution in [3.63, 3.8) is 0 Å². The molecule has 0 heterocycles. The molecule has 0 spiro atoms. The lowest BCUT2D eigenvalue weighted by atomic mass is 9.46. The third-order valence-electron chi connectivity index (χ3n) is 8.42. The monoisotopic (exact) mass is 292 g/mol. The van der Waals surface area contributed by atoms with E-state index in [9.17, 15) is 10.2 Å². The lowest BCUT2D eigenvalue weighted by Crippen LogP contribution is -2.58. The van der Waals surface area contributed by atoms with E-state index in [4.69, 9.17) is 0 Å². The Morgan fingerprint density at radius 1 is 0.857 bits per heavy atom. The Hall–Kier alpha value is -0.0800. The molecule has 2 nitrogen and oxygen atoms in total. The Balaban J connectivity index is 1.64. The van der Waals surface area contributed by atoms with Crippen LogP contribution in [0.3, 0.4) is 0 Å². The van der Waals surface area contributed by atoms with Crippen LogP contribution in [-0.4, -0.2) is 21.9 Å². The van der Waals surface area contributed by atoms with Crippen LogP contribution in [0.15, 0.2) is 0 Å². The Morgan fingerprint density at radius 2 is 1.57 bits per heavy atom. The van der Waals surface area contributed by atoms with E-state index in [1.807, 2.05) is 0 Å². The minimum absolute atomic E-state index is 0.0643. The van der Waals surface area contributed by atoms with Gasteiger partial charge in [-0.3, -0.25) is 0 Å². The van der Waals surface area contributed by atoms with E-state index in [0.717, 1.165) is 25.2 Å². The zero-order chi connectivity index (χ0) is 14.8. The average molecular weight is 292 g/mol. The van der Waals surface area contributed by atoms with Crippen molar-refractivity contribution < 1.29 is 10.2 Å². The smallest absolute Gasteiger partial charge is 0.0709 e. The van der Waals surface area contributed by atoms with E-state index in [0.29, 0.717) is 29.1 Å². The normalized spacial score (nSPS) is 60.0. The first-order valence-corrected chi connectivity index (χ1v) is 9.35. The van der Waals surface area contributed by atoms with Crippen molar-refractivity contribution in [3.05, 3.63) is 0 Å². The molecule has 0 saturated heterocycles. The fourth-order valence-corrected chi connectivity index (χ4v) is 7.20. The summed E-state index contributed by atoms with van der Waals surface area (Å²) in [6.07, 6.45) is 10.4. The predicted molar refractivity (Wildman–Crippen MR) is 83.7 cm³/mol. The Morgan fingerprint density at radius 3 is 2.38 bits per heavy atom. The van der Waals surface area contributed by atoms with Gasteiger partial charge < -0.3 is 10.2 Å². The first-order chi connectivity index (χ1) is 9.95. The van der Waals surface area contributed by atoms with Crippen molar-refractivity contribution in [3.8, 4) is 0 Å². The van der Waals surface area contributed by atoms with Gasteiger partial charge in [0.25, 0.3) is 0 Å². The van der Waals surface area contributed by atoms with Gasteiger partial charge in [-0.25, -0.2) is 0 Å². The summed E-state index contributed by atoms with van der Waals surface area (Å²) in [5.74, 6) is 3.22. The summed E-state index contributed by atoms with van der Waals surface area (Å²) in [5, 5.41) is 21.5. The lowest BCUT2D eigenvalue weighted by Gasteiger charge is -2.61. The predicted octanol–water partition coefficient (Wildman–Crippen LogP) is 3.75. The highest BCUT2D eigenvalue weighted by molar-refractivity contribution is 5.11. The van der Waals surface area contributed by atoms with E-state index in [2.05, 4.69) is 13.8 Å². The summed E-state index contributed by atoms with van der Waals surface area (Å²) in [5.41, 5.74) is 0.0288. The van der Waals surface area contributed by atoms with Gasteiger partial charge in [0, 0.05) is 0 Å². The van der Waals surface area contributed by atoms with E-state index in [-0.39, 0.29) is 11.7 Å². The summed E-state index contributed by atoms with van der Waals surface area (Å²) in [6.45, 7) is 4.84. The van der Waals surface area contributed by atoms with Crippen molar-refractivity contribution in [2.75, 3.05) is 0 Å². The molecule has 0 radical (unpaired) electrons. The molecule has 2 heteroatoms. The Labute approximate surface area is 129 Å². The minimum Gasteiger partial charge on any atom is -0.393 e. The van der Waals surface area contributed by atoms with Crippen LogP contribution in [0.4, 0.5) is 0 Å². The molecule has 8 atom stereocenters. The van der Waals surface area contributed by atoms with Crippen molar-refractivity contribution in [2.45, 2.75) is 83.3 Å². The zero-order valence-electron chi connectivity index (χ0n) is 13.7. The molecular formula is C19H32O2. The number of aliphatic hydroxyl groups excluding tert-OH is 1. The van der Waals surface area contributed by atoms with Crippen molar-refractivity contribution in [1.82, 2.24) is 0 Å². The fourth-order valence-electron chi connectivity index (χ4n) is 7.20.